The van der Waals surface area contributed by atoms with E-state index in [2.05, 4.69) is 15.4 Å². The van der Waals surface area contributed by atoms with Crippen LogP contribution >= 0.6 is 0 Å². The van der Waals surface area contributed by atoms with Gasteiger partial charge in [0.25, 0.3) is 5.56 Å². The maximum atomic E-state index is 12.3. The topological polar surface area (TPSA) is 90.0 Å². The Morgan fingerprint density at radius 3 is 2.88 bits per heavy atom. The highest BCUT2D eigenvalue weighted by atomic mass is 16.3. The molecule has 1 unspecified atom stereocenters. The number of carbonyl (C=O) groups excluding carboxylic acids is 1. The molecule has 0 aliphatic carbocycles. The number of pyridine rings is 1. The maximum absolute atomic E-state index is 12.3. The molecular formula is C17H16N4O3. The fraction of sp³-hybridized carbons (Fsp3) is 0.176. The van der Waals surface area contributed by atoms with Gasteiger partial charge in [0.05, 0.1) is 6.26 Å². The zero-order chi connectivity index (χ0) is 16.9. The van der Waals surface area contributed by atoms with Crippen molar-refractivity contribution in [2.24, 2.45) is 0 Å². The van der Waals surface area contributed by atoms with E-state index in [0.29, 0.717) is 18.0 Å². The van der Waals surface area contributed by atoms with Crippen molar-refractivity contribution in [3.63, 3.8) is 0 Å². The zero-order valence-electron chi connectivity index (χ0n) is 13.0. The summed E-state index contributed by atoms with van der Waals surface area (Å²) in [5.41, 5.74) is 1.02. The molecule has 122 valence electrons. The molecule has 0 fully saturated rings. The van der Waals surface area contributed by atoms with Crippen LogP contribution in [0.5, 0.6) is 0 Å². The molecular weight excluding hydrogens is 308 g/mol. The second-order valence-corrected chi connectivity index (χ2v) is 5.23. The summed E-state index contributed by atoms with van der Waals surface area (Å²) in [6.45, 7) is 1.96. The minimum atomic E-state index is -0.746. The van der Waals surface area contributed by atoms with Gasteiger partial charge in [0, 0.05) is 25.0 Å². The van der Waals surface area contributed by atoms with Gasteiger partial charge in [0.15, 0.2) is 5.76 Å². The Balaban J connectivity index is 1.76. The number of rotatable bonds is 5. The van der Waals surface area contributed by atoms with Crippen LogP contribution in [0, 0.1) is 0 Å². The lowest BCUT2D eigenvalue weighted by Gasteiger charge is -2.14. The summed E-state index contributed by atoms with van der Waals surface area (Å²) >= 11 is 0. The molecule has 1 atom stereocenters. The number of hydrogen-bond acceptors (Lipinski definition) is 5. The van der Waals surface area contributed by atoms with E-state index in [4.69, 9.17) is 4.42 Å². The summed E-state index contributed by atoms with van der Waals surface area (Å²) < 4.78 is 6.42. The molecule has 0 radical (unpaired) electrons. The van der Waals surface area contributed by atoms with Crippen molar-refractivity contribution in [1.29, 1.82) is 0 Å². The minimum absolute atomic E-state index is 0.301. The SMILES string of the molecule is CC(C(=O)NCc1cccnc1)n1nc(-c2ccco2)ccc1=O. The third-order valence-corrected chi connectivity index (χ3v) is 3.53. The summed E-state index contributed by atoms with van der Waals surface area (Å²) in [6.07, 6.45) is 4.86. The number of nitrogens with zero attached hydrogens (tertiary/aromatic N) is 3. The molecule has 3 aromatic heterocycles. The monoisotopic (exact) mass is 324 g/mol. The van der Waals surface area contributed by atoms with Gasteiger partial charge < -0.3 is 9.73 Å². The standard InChI is InChI=1S/C17H16N4O3/c1-12(17(23)19-11-13-4-2-8-18-10-13)21-16(22)7-6-14(20-21)15-5-3-9-24-15/h2-10,12H,11H2,1H3,(H,19,23). The number of amides is 1. The Bertz CT molecular complexity index is 872. The Morgan fingerprint density at radius 1 is 1.29 bits per heavy atom. The van der Waals surface area contributed by atoms with Gasteiger partial charge in [-0.15, -0.1) is 0 Å². The van der Waals surface area contributed by atoms with Crippen molar-refractivity contribution in [1.82, 2.24) is 20.1 Å². The zero-order valence-corrected chi connectivity index (χ0v) is 13.0. The first kappa shape index (κ1) is 15.7. The van der Waals surface area contributed by atoms with E-state index < -0.39 is 6.04 Å². The van der Waals surface area contributed by atoms with Crippen LogP contribution in [0.2, 0.25) is 0 Å². The average Bonchev–Trinajstić information content (AvgIpc) is 3.15. The molecule has 3 rings (SSSR count). The number of aromatic nitrogens is 3. The highest BCUT2D eigenvalue weighted by Crippen LogP contribution is 2.16. The molecule has 0 spiro atoms. The smallest absolute Gasteiger partial charge is 0.267 e. The van der Waals surface area contributed by atoms with Crippen LogP contribution in [-0.4, -0.2) is 20.7 Å². The number of furan rings is 1. The van der Waals surface area contributed by atoms with Crippen LogP contribution in [-0.2, 0) is 11.3 Å². The Morgan fingerprint density at radius 2 is 2.17 bits per heavy atom. The van der Waals surface area contributed by atoms with E-state index in [-0.39, 0.29) is 11.5 Å². The second kappa shape index (κ2) is 6.91. The van der Waals surface area contributed by atoms with Crippen molar-refractivity contribution in [3.8, 4) is 11.5 Å². The van der Waals surface area contributed by atoms with Crippen LogP contribution in [0.1, 0.15) is 18.5 Å². The minimum Gasteiger partial charge on any atom is -0.463 e. The molecule has 7 heteroatoms. The van der Waals surface area contributed by atoms with Gasteiger partial charge in [-0.1, -0.05) is 6.07 Å². The Hall–Kier alpha value is -3.22. The van der Waals surface area contributed by atoms with Gasteiger partial charge in [-0.3, -0.25) is 14.6 Å². The van der Waals surface area contributed by atoms with Crippen LogP contribution < -0.4 is 10.9 Å². The van der Waals surface area contributed by atoms with Gasteiger partial charge in [0.1, 0.15) is 11.7 Å². The first-order chi connectivity index (χ1) is 11.6. The highest BCUT2D eigenvalue weighted by molar-refractivity contribution is 5.79. The fourth-order valence-electron chi connectivity index (χ4n) is 2.21. The van der Waals surface area contributed by atoms with Crippen molar-refractivity contribution >= 4 is 5.91 Å². The van der Waals surface area contributed by atoms with Gasteiger partial charge in [0.2, 0.25) is 5.91 Å². The third-order valence-electron chi connectivity index (χ3n) is 3.53. The summed E-state index contributed by atoms with van der Waals surface area (Å²) in [6, 6.07) is 9.32. The predicted octanol–water partition coefficient (Wildman–Crippen LogP) is 1.78. The second-order valence-electron chi connectivity index (χ2n) is 5.23. The summed E-state index contributed by atoms with van der Waals surface area (Å²) in [7, 11) is 0. The largest absolute Gasteiger partial charge is 0.463 e. The van der Waals surface area contributed by atoms with Gasteiger partial charge in [-0.05, 0) is 36.8 Å². The highest BCUT2D eigenvalue weighted by Gasteiger charge is 2.18. The molecule has 0 aliphatic heterocycles. The molecule has 0 saturated carbocycles. The normalized spacial score (nSPS) is 11.9. The van der Waals surface area contributed by atoms with E-state index in [1.165, 1.54) is 12.3 Å². The van der Waals surface area contributed by atoms with Crippen LogP contribution in [0.4, 0.5) is 0 Å². The van der Waals surface area contributed by atoms with Crippen LogP contribution in [0.3, 0.4) is 0 Å². The van der Waals surface area contributed by atoms with E-state index in [1.807, 2.05) is 6.07 Å². The first-order valence-electron chi connectivity index (χ1n) is 7.45. The average molecular weight is 324 g/mol. The van der Waals surface area contributed by atoms with Crippen molar-refractivity contribution in [2.45, 2.75) is 19.5 Å². The predicted molar refractivity (Wildman–Crippen MR) is 87.0 cm³/mol. The van der Waals surface area contributed by atoms with E-state index in [1.54, 1.807) is 43.6 Å². The van der Waals surface area contributed by atoms with Gasteiger partial charge in [-0.2, -0.15) is 5.10 Å². The summed E-state index contributed by atoms with van der Waals surface area (Å²) in [5.74, 6) is 0.233. The molecule has 1 N–H and O–H groups in total. The van der Waals surface area contributed by atoms with Crippen LogP contribution in [0.25, 0.3) is 11.5 Å². The van der Waals surface area contributed by atoms with Crippen molar-refractivity contribution < 1.29 is 9.21 Å². The maximum Gasteiger partial charge on any atom is 0.267 e. The molecule has 0 aliphatic rings. The van der Waals surface area contributed by atoms with E-state index >= 15 is 0 Å². The molecule has 3 heterocycles. The number of carbonyl (C=O) groups is 1. The van der Waals surface area contributed by atoms with Crippen molar-refractivity contribution in [3.05, 3.63) is 71.0 Å². The number of nitrogens with one attached hydrogen (secondary N) is 1. The quantitative estimate of drug-likeness (QED) is 0.772. The van der Waals surface area contributed by atoms with E-state index in [9.17, 15) is 9.59 Å². The van der Waals surface area contributed by atoms with Crippen LogP contribution in [0.15, 0.2) is 64.3 Å². The lowest BCUT2D eigenvalue weighted by molar-refractivity contribution is -0.124. The van der Waals surface area contributed by atoms with Gasteiger partial charge in [-0.25, -0.2) is 4.68 Å². The fourth-order valence-corrected chi connectivity index (χ4v) is 2.21. The molecule has 7 nitrogen and oxygen atoms in total. The lowest BCUT2D eigenvalue weighted by Crippen LogP contribution is -2.36. The molecule has 0 bridgehead atoms. The lowest BCUT2D eigenvalue weighted by atomic mass is 10.2. The van der Waals surface area contributed by atoms with Crippen molar-refractivity contribution in [2.75, 3.05) is 0 Å². The van der Waals surface area contributed by atoms with Gasteiger partial charge >= 0.3 is 0 Å². The Kier molecular flexibility index (Phi) is 4.51. The van der Waals surface area contributed by atoms with E-state index in [0.717, 1.165) is 10.2 Å². The summed E-state index contributed by atoms with van der Waals surface area (Å²) in [5, 5.41) is 7.00. The first-order valence-corrected chi connectivity index (χ1v) is 7.45. The number of hydrogen-bond donors (Lipinski definition) is 1. The molecule has 1 amide bonds. The molecule has 24 heavy (non-hydrogen) atoms. The molecule has 0 saturated heterocycles. The molecule has 0 aromatic carbocycles. The third kappa shape index (κ3) is 3.40. The molecule has 3 aromatic rings. The Labute approximate surface area is 138 Å². The summed E-state index contributed by atoms with van der Waals surface area (Å²) in [4.78, 5) is 28.3.